The van der Waals surface area contributed by atoms with Crippen LogP contribution in [-0.2, 0) is 16.1 Å². The third-order valence-corrected chi connectivity index (χ3v) is 2.99. The Hall–Kier alpha value is -1.86. The summed E-state index contributed by atoms with van der Waals surface area (Å²) in [5.74, 6) is -0.0318. The highest BCUT2D eigenvalue weighted by Crippen LogP contribution is 1.97. The molecule has 0 aromatic carbocycles. The number of anilines is 1. The van der Waals surface area contributed by atoms with E-state index >= 15 is 0 Å². The Labute approximate surface area is 124 Å². The van der Waals surface area contributed by atoms with Gasteiger partial charge in [0.2, 0.25) is 5.91 Å². The molecule has 0 saturated carbocycles. The highest BCUT2D eigenvalue weighted by atomic mass is 16.5. The van der Waals surface area contributed by atoms with E-state index in [-0.39, 0.29) is 11.5 Å². The summed E-state index contributed by atoms with van der Waals surface area (Å²) in [5, 5.41) is 2.76. The molecule has 1 amide bonds. The molecule has 7 heteroatoms. The largest absolute Gasteiger partial charge is 0.398 e. The van der Waals surface area contributed by atoms with Gasteiger partial charge in [0.05, 0.1) is 13.2 Å². The number of amides is 1. The van der Waals surface area contributed by atoms with E-state index in [9.17, 15) is 9.59 Å². The molecule has 0 unspecified atom stereocenters. The number of carbonyl (C=O) groups excluding carboxylic acids is 1. The summed E-state index contributed by atoms with van der Waals surface area (Å²) in [6, 6.07) is 3.05. The average molecular weight is 296 g/mol. The van der Waals surface area contributed by atoms with E-state index in [4.69, 9.17) is 10.5 Å². The first kappa shape index (κ1) is 17.2. The first-order valence-corrected chi connectivity index (χ1v) is 6.93. The predicted octanol–water partition coefficient (Wildman–Crippen LogP) is -0.485. The van der Waals surface area contributed by atoms with Gasteiger partial charge in [0.25, 0.3) is 5.56 Å². The molecule has 0 saturated heterocycles. The molecule has 0 aliphatic rings. The Morgan fingerprint density at radius 2 is 2.24 bits per heavy atom. The first-order chi connectivity index (χ1) is 10.0. The van der Waals surface area contributed by atoms with Crippen LogP contribution in [0.15, 0.2) is 23.1 Å². The Morgan fingerprint density at radius 3 is 2.95 bits per heavy atom. The second-order valence-electron chi connectivity index (χ2n) is 4.93. The first-order valence-electron chi connectivity index (χ1n) is 6.93. The van der Waals surface area contributed by atoms with Crippen molar-refractivity contribution in [2.75, 3.05) is 46.1 Å². The number of carbonyl (C=O) groups is 1. The molecule has 118 valence electrons. The lowest BCUT2D eigenvalue weighted by Gasteiger charge is -2.16. The Balaban J connectivity index is 2.27. The quantitative estimate of drug-likeness (QED) is 0.601. The molecule has 21 heavy (non-hydrogen) atoms. The number of nitrogen functional groups attached to an aromatic ring is 1. The fourth-order valence-electron chi connectivity index (χ4n) is 1.91. The number of likely N-dealkylation sites (N-methyl/N-ethyl adjacent to an activating group) is 1. The molecule has 1 rings (SSSR count). The summed E-state index contributed by atoms with van der Waals surface area (Å²) >= 11 is 0. The van der Waals surface area contributed by atoms with E-state index in [1.807, 2.05) is 11.9 Å². The van der Waals surface area contributed by atoms with Crippen LogP contribution in [-0.4, -0.2) is 55.8 Å². The molecule has 0 aliphatic heterocycles. The highest BCUT2D eigenvalue weighted by molar-refractivity contribution is 5.77. The van der Waals surface area contributed by atoms with Gasteiger partial charge in [0.15, 0.2) is 0 Å². The van der Waals surface area contributed by atoms with Crippen LogP contribution in [0.25, 0.3) is 0 Å². The third-order valence-electron chi connectivity index (χ3n) is 2.99. The molecular formula is C14H24N4O3. The molecule has 0 aliphatic carbocycles. The maximum Gasteiger partial charge on any atom is 0.250 e. The topological polar surface area (TPSA) is 89.6 Å². The van der Waals surface area contributed by atoms with Gasteiger partial charge in [-0.1, -0.05) is 0 Å². The maximum absolute atomic E-state index is 11.6. The number of aromatic nitrogens is 1. The second kappa shape index (κ2) is 9.15. The Kier molecular flexibility index (Phi) is 7.49. The molecule has 1 aromatic rings. The van der Waals surface area contributed by atoms with Crippen molar-refractivity contribution in [2.24, 2.45) is 0 Å². The normalized spacial score (nSPS) is 10.8. The maximum atomic E-state index is 11.6. The molecule has 0 bridgehead atoms. The number of aryl methyl sites for hydroxylation is 1. The van der Waals surface area contributed by atoms with Crippen molar-refractivity contribution >= 4 is 11.6 Å². The SMILES string of the molecule is COCCNC(=O)CN(C)CCCn1cc(N)ccc1=O. The van der Waals surface area contributed by atoms with Crippen molar-refractivity contribution in [1.82, 2.24) is 14.8 Å². The van der Waals surface area contributed by atoms with E-state index < -0.39 is 0 Å². The zero-order valence-electron chi connectivity index (χ0n) is 12.7. The molecule has 1 aromatic heterocycles. The number of ether oxygens (including phenoxy) is 1. The van der Waals surface area contributed by atoms with Gasteiger partial charge >= 0.3 is 0 Å². The minimum absolute atomic E-state index is 0.0318. The van der Waals surface area contributed by atoms with Crippen molar-refractivity contribution in [3.63, 3.8) is 0 Å². The van der Waals surface area contributed by atoms with Crippen LogP contribution in [0.4, 0.5) is 5.69 Å². The zero-order valence-corrected chi connectivity index (χ0v) is 12.7. The van der Waals surface area contributed by atoms with Gasteiger partial charge in [-0.2, -0.15) is 0 Å². The Bertz CT molecular complexity index is 501. The molecule has 1 heterocycles. The number of nitrogens with two attached hydrogens (primary N) is 1. The smallest absolute Gasteiger partial charge is 0.250 e. The predicted molar refractivity (Wildman–Crippen MR) is 82.1 cm³/mol. The molecule has 3 N–H and O–H groups in total. The highest BCUT2D eigenvalue weighted by Gasteiger charge is 2.06. The van der Waals surface area contributed by atoms with Gasteiger partial charge in [-0.3, -0.25) is 14.5 Å². The number of nitrogens with zero attached hydrogens (tertiary/aromatic N) is 2. The average Bonchev–Trinajstić information content (AvgIpc) is 2.43. The number of hydrogen-bond donors (Lipinski definition) is 2. The fourth-order valence-corrected chi connectivity index (χ4v) is 1.91. The van der Waals surface area contributed by atoms with Crippen molar-refractivity contribution in [3.8, 4) is 0 Å². The molecule has 0 fully saturated rings. The lowest BCUT2D eigenvalue weighted by molar-refractivity contribution is -0.122. The van der Waals surface area contributed by atoms with E-state index in [1.54, 1.807) is 23.9 Å². The third kappa shape index (κ3) is 6.92. The van der Waals surface area contributed by atoms with Crippen molar-refractivity contribution in [1.29, 1.82) is 0 Å². The number of pyridine rings is 1. The number of rotatable bonds is 9. The van der Waals surface area contributed by atoms with Crippen LogP contribution in [0.5, 0.6) is 0 Å². The molecule has 7 nitrogen and oxygen atoms in total. The van der Waals surface area contributed by atoms with Crippen LogP contribution in [0.2, 0.25) is 0 Å². The van der Waals surface area contributed by atoms with Crippen molar-refractivity contribution in [2.45, 2.75) is 13.0 Å². The number of hydrogen-bond acceptors (Lipinski definition) is 5. The van der Waals surface area contributed by atoms with Gasteiger partial charge in [-0.05, 0) is 19.5 Å². The van der Waals surface area contributed by atoms with E-state index in [0.717, 1.165) is 13.0 Å². The van der Waals surface area contributed by atoms with Gasteiger partial charge in [-0.15, -0.1) is 0 Å². The van der Waals surface area contributed by atoms with Gasteiger partial charge in [0, 0.05) is 44.7 Å². The minimum atomic E-state index is -0.0656. The molecule has 0 atom stereocenters. The minimum Gasteiger partial charge on any atom is -0.398 e. The summed E-state index contributed by atoms with van der Waals surface area (Å²) < 4.78 is 6.45. The number of nitrogens with one attached hydrogen (secondary N) is 1. The van der Waals surface area contributed by atoms with Gasteiger partial charge < -0.3 is 20.4 Å². The summed E-state index contributed by atoms with van der Waals surface area (Å²) in [5.41, 5.74) is 6.15. The summed E-state index contributed by atoms with van der Waals surface area (Å²) in [6.07, 6.45) is 2.41. The summed E-state index contributed by atoms with van der Waals surface area (Å²) in [4.78, 5) is 25.1. The standard InChI is InChI=1S/C14H24N4O3/c1-17(11-13(19)16-6-9-21-2)7-3-8-18-10-12(15)4-5-14(18)20/h4-5,10H,3,6-9,11,15H2,1-2H3,(H,16,19). The summed E-state index contributed by atoms with van der Waals surface area (Å²) in [7, 11) is 3.47. The molecule has 0 radical (unpaired) electrons. The monoisotopic (exact) mass is 296 g/mol. The van der Waals surface area contributed by atoms with Crippen molar-refractivity contribution in [3.05, 3.63) is 28.7 Å². The summed E-state index contributed by atoms with van der Waals surface area (Å²) in [6.45, 7) is 2.66. The van der Waals surface area contributed by atoms with E-state index in [2.05, 4.69) is 5.32 Å². The van der Waals surface area contributed by atoms with Crippen LogP contribution in [0.1, 0.15) is 6.42 Å². The van der Waals surface area contributed by atoms with Gasteiger partial charge in [-0.25, -0.2) is 0 Å². The van der Waals surface area contributed by atoms with Crippen LogP contribution in [0, 0.1) is 0 Å². The lowest BCUT2D eigenvalue weighted by Crippen LogP contribution is -2.37. The van der Waals surface area contributed by atoms with Gasteiger partial charge in [0.1, 0.15) is 0 Å². The second-order valence-corrected chi connectivity index (χ2v) is 4.93. The van der Waals surface area contributed by atoms with E-state index in [1.165, 1.54) is 6.07 Å². The Morgan fingerprint density at radius 1 is 1.48 bits per heavy atom. The number of methoxy groups -OCH3 is 1. The lowest BCUT2D eigenvalue weighted by atomic mass is 10.3. The van der Waals surface area contributed by atoms with Crippen molar-refractivity contribution < 1.29 is 9.53 Å². The molecular weight excluding hydrogens is 272 g/mol. The van der Waals surface area contributed by atoms with Crippen LogP contribution in [0.3, 0.4) is 0 Å². The zero-order chi connectivity index (χ0) is 15.7. The van der Waals surface area contributed by atoms with Crippen LogP contribution >= 0.6 is 0 Å². The van der Waals surface area contributed by atoms with E-state index in [0.29, 0.717) is 31.9 Å². The molecule has 0 spiro atoms. The fraction of sp³-hybridized carbons (Fsp3) is 0.571. The van der Waals surface area contributed by atoms with Crippen LogP contribution < -0.4 is 16.6 Å².